The van der Waals surface area contributed by atoms with Crippen LogP contribution in [-0.4, -0.2) is 16.6 Å². The van der Waals surface area contributed by atoms with E-state index in [9.17, 15) is 4.79 Å². The van der Waals surface area contributed by atoms with Crippen LogP contribution in [0.3, 0.4) is 0 Å². The molecular formula is C14H17NO2. The number of nitrogens with zero attached hydrogens (tertiary/aromatic N) is 1. The van der Waals surface area contributed by atoms with Crippen molar-refractivity contribution in [3.63, 3.8) is 0 Å². The Morgan fingerprint density at radius 1 is 1.41 bits per heavy atom. The standard InChI is InChI=1S/C14H17NO2/c1-9-8-11-10(6-5-7-15-11)12(9)13(16)17-14(2,3)4/h5-7H,8H2,1-4H3. The van der Waals surface area contributed by atoms with E-state index in [0.29, 0.717) is 5.57 Å². The van der Waals surface area contributed by atoms with Gasteiger partial charge < -0.3 is 4.74 Å². The predicted octanol–water partition coefficient (Wildman–Crippen LogP) is 2.75. The van der Waals surface area contributed by atoms with Crippen LogP contribution in [0.2, 0.25) is 0 Å². The number of allylic oxidation sites excluding steroid dienone is 1. The van der Waals surface area contributed by atoms with Crippen LogP contribution in [0.1, 0.15) is 39.0 Å². The molecule has 0 radical (unpaired) electrons. The molecule has 17 heavy (non-hydrogen) atoms. The molecule has 3 heteroatoms. The summed E-state index contributed by atoms with van der Waals surface area (Å²) in [6, 6.07) is 3.78. The zero-order chi connectivity index (χ0) is 12.6. The Labute approximate surface area is 102 Å². The van der Waals surface area contributed by atoms with Gasteiger partial charge in [0, 0.05) is 18.2 Å². The summed E-state index contributed by atoms with van der Waals surface area (Å²) >= 11 is 0. The fraction of sp³-hybridized carbons (Fsp3) is 0.429. The lowest BCUT2D eigenvalue weighted by Gasteiger charge is -2.20. The second-order valence-corrected chi connectivity index (χ2v) is 5.33. The van der Waals surface area contributed by atoms with Gasteiger partial charge in [-0.2, -0.15) is 0 Å². The zero-order valence-electron chi connectivity index (χ0n) is 10.7. The van der Waals surface area contributed by atoms with Crippen molar-refractivity contribution in [1.29, 1.82) is 0 Å². The van der Waals surface area contributed by atoms with Crippen molar-refractivity contribution in [2.75, 3.05) is 0 Å². The molecule has 0 atom stereocenters. The summed E-state index contributed by atoms with van der Waals surface area (Å²) in [6.07, 6.45) is 2.49. The summed E-state index contributed by atoms with van der Waals surface area (Å²) < 4.78 is 5.42. The van der Waals surface area contributed by atoms with Crippen LogP contribution in [0.4, 0.5) is 0 Å². The second kappa shape index (κ2) is 3.99. The van der Waals surface area contributed by atoms with Crippen molar-refractivity contribution in [1.82, 2.24) is 4.98 Å². The molecule has 0 saturated carbocycles. The molecule has 90 valence electrons. The number of aromatic nitrogens is 1. The van der Waals surface area contributed by atoms with E-state index in [1.54, 1.807) is 6.20 Å². The Balaban J connectivity index is 2.33. The lowest BCUT2D eigenvalue weighted by Crippen LogP contribution is -2.24. The van der Waals surface area contributed by atoms with E-state index in [1.807, 2.05) is 39.8 Å². The van der Waals surface area contributed by atoms with Gasteiger partial charge in [-0.15, -0.1) is 0 Å². The van der Waals surface area contributed by atoms with Crippen molar-refractivity contribution < 1.29 is 9.53 Å². The van der Waals surface area contributed by atoms with Crippen molar-refractivity contribution in [3.05, 3.63) is 35.2 Å². The van der Waals surface area contributed by atoms with Gasteiger partial charge in [0.15, 0.2) is 0 Å². The number of pyridine rings is 1. The average Bonchev–Trinajstić information content (AvgIpc) is 2.50. The number of rotatable bonds is 1. The summed E-state index contributed by atoms with van der Waals surface area (Å²) in [4.78, 5) is 16.4. The van der Waals surface area contributed by atoms with Crippen LogP contribution in [0, 0.1) is 0 Å². The first kappa shape index (κ1) is 11.8. The molecule has 0 aromatic carbocycles. The van der Waals surface area contributed by atoms with Crippen molar-refractivity contribution in [2.45, 2.75) is 39.7 Å². The van der Waals surface area contributed by atoms with Gasteiger partial charge in [0.2, 0.25) is 0 Å². The highest BCUT2D eigenvalue weighted by molar-refractivity contribution is 6.19. The molecule has 1 aliphatic carbocycles. The second-order valence-electron chi connectivity index (χ2n) is 5.33. The SMILES string of the molecule is CC1=C(C(=O)OC(C)(C)C)c2cccnc2C1. The molecule has 0 bridgehead atoms. The van der Waals surface area contributed by atoms with Gasteiger partial charge in [-0.05, 0) is 33.8 Å². The number of fused-ring (bicyclic) bond motifs is 1. The molecule has 1 aromatic rings. The minimum atomic E-state index is -0.463. The summed E-state index contributed by atoms with van der Waals surface area (Å²) in [6.45, 7) is 7.58. The molecule has 1 heterocycles. The topological polar surface area (TPSA) is 39.2 Å². The number of esters is 1. The van der Waals surface area contributed by atoms with Crippen LogP contribution >= 0.6 is 0 Å². The summed E-state index contributed by atoms with van der Waals surface area (Å²) in [5, 5.41) is 0. The molecule has 0 aliphatic heterocycles. The monoisotopic (exact) mass is 231 g/mol. The minimum absolute atomic E-state index is 0.248. The van der Waals surface area contributed by atoms with Gasteiger partial charge in [0.1, 0.15) is 5.60 Å². The van der Waals surface area contributed by atoms with Crippen molar-refractivity contribution >= 4 is 11.5 Å². The smallest absolute Gasteiger partial charge is 0.339 e. The van der Waals surface area contributed by atoms with Gasteiger partial charge in [-0.3, -0.25) is 4.98 Å². The van der Waals surface area contributed by atoms with Crippen molar-refractivity contribution in [3.8, 4) is 0 Å². The molecule has 1 aromatic heterocycles. The van der Waals surface area contributed by atoms with Gasteiger partial charge in [0.25, 0.3) is 0 Å². The van der Waals surface area contributed by atoms with E-state index in [0.717, 1.165) is 23.3 Å². The normalized spacial score (nSPS) is 14.8. The number of hydrogen-bond acceptors (Lipinski definition) is 3. The number of carbonyl (C=O) groups is 1. The summed E-state index contributed by atoms with van der Waals surface area (Å²) in [7, 11) is 0. The third kappa shape index (κ3) is 2.38. The maximum atomic E-state index is 12.1. The predicted molar refractivity (Wildman–Crippen MR) is 66.4 cm³/mol. The van der Waals surface area contributed by atoms with Crippen LogP contribution in [0.5, 0.6) is 0 Å². The maximum Gasteiger partial charge on any atom is 0.339 e. The Morgan fingerprint density at radius 2 is 2.12 bits per heavy atom. The van der Waals surface area contributed by atoms with Gasteiger partial charge >= 0.3 is 5.97 Å². The van der Waals surface area contributed by atoms with Crippen LogP contribution in [0.15, 0.2) is 23.9 Å². The van der Waals surface area contributed by atoms with Crippen LogP contribution in [-0.2, 0) is 16.0 Å². The Bertz CT molecular complexity index is 495. The molecule has 1 aliphatic rings. The lowest BCUT2D eigenvalue weighted by molar-refractivity contribution is -0.147. The van der Waals surface area contributed by atoms with E-state index >= 15 is 0 Å². The maximum absolute atomic E-state index is 12.1. The third-order valence-electron chi connectivity index (χ3n) is 2.62. The first-order valence-corrected chi connectivity index (χ1v) is 5.76. The number of carbonyl (C=O) groups excluding carboxylic acids is 1. The molecule has 2 rings (SSSR count). The molecule has 3 nitrogen and oxygen atoms in total. The first-order valence-electron chi connectivity index (χ1n) is 5.76. The van der Waals surface area contributed by atoms with Gasteiger partial charge in [-0.25, -0.2) is 4.79 Å². The van der Waals surface area contributed by atoms with E-state index in [4.69, 9.17) is 4.74 Å². The van der Waals surface area contributed by atoms with Crippen LogP contribution < -0.4 is 0 Å². The van der Waals surface area contributed by atoms with Gasteiger partial charge in [0.05, 0.1) is 11.3 Å². The lowest BCUT2D eigenvalue weighted by atomic mass is 10.1. The minimum Gasteiger partial charge on any atom is -0.456 e. The number of hydrogen-bond donors (Lipinski definition) is 0. The Hall–Kier alpha value is -1.64. The molecule has 0 saturated heterocycles. The molecular weight excluding hydrogens is 214 g/mol. The zero-order valence-corrected chi connectivity index (χ0v) is 10.7. The van der Waals surface area contributed by atoms with Crippen LogP contribution in [0.25, 0.3) is 5.57 Å². The molecule has 0 unspecified atom stereocenters. The highest BCUT2D eigenvalue weighted by Crippen LogP contribution is 2.32. The summed E-state index contributed by atoms with van der Waals surface area (Å²) in [5.74, 6) is -0.248. The fourth-order valence-electron chi connectivity index (χ4n) is 1.99. The Kier molecular flexibility index (Phi) is 2.77. The highest BCUT2D eigenvalue weighted by Gasteiger charge is 2.28. The Morgan fingerprint density at radius 3 is 2.76 bits per heavy atom. The third-order valence-corrected chi connectivity index (χ3v) is 2.62. The number of ether oxygens (including phenoxy) is 1. The van der Waals surface area contributed by atoms with Crippen molar-refractivity contribution in [2.24, 2.45) is 0 Å². The molecule has 0 spiro atoms. The molecule has 0 N–H and O–H groups in total. The first-order chi connectivity index (χ1) is 7.88. The van der Waals surface area contributed by atoms with E-state index in [-0.39, 0.29) is 5.97 Å². The largest absolute Gasteiger partial charge is 0.456 e. The molecule has 0 fully saturated rings. The average molecular weight is 231 g/mol. The van der Waals surface area contributed by atoms with E-state index < -0.39 is 5.60 Å². The van der Waals surface area contributed by atoms with E-state index in [2.05, 4.69) is 4.98 Å². The fourth-order valence-corrected chi connectivity index (χ4v) is 1.99. The quantitative estimate of drug-likeness (QED) is 0.698. The van der Waals surface area contributed by atoms with E-state index in [1.165, 1.54) is 0 Å². The summed E-state index contributed by atoms with van der Waals surface area (Å²) in [5.41, 5.74) is 3.14. The highest BCUT2D eigenvalue weighted by atomic mass is 16.6. The van der Waals surface area contributed by atoms with Gasteiger partial charge in [-0.1, -0.05) is 11.6 Å². The molecule has 0 amide bonds.